The summed E-state index contributed by atoms with van der Waals surface area (Å²) in [7, 11) is 3.50. The Kier molecular flexibility index (Phi) is 5.34. The number of pyridine rings is 1. The SMILES string of the molecule is CCNCc1cnc(C)cc1N1CC(OC)C(OC)C1. The van der Waals surface area contributed by atoms with E-state index in [9.17, 15) is 0 Å². The summed E-state index contributed by atoms with van der Waals surface area (Å²) in [5, 5.41) is 3.37. The van der Waals surface area contributed by atoms with E-state index in [2.05, 4.69) is 28.2 Å². The largest absolute Gasteiger partial charge is 0.377 e. The lowest BCUT2D eigenvalue weighted by Crippen LogP contribution is -2.27. The Labute approximate surface area is 121 Å². The number of hydrogen-bond donors (Lipinski definition) is 1. The summed E-state index contributed by atoms with van der Waals surface area (Å²) in [6.07, 6.45) is 2.22. The maximum atomic E-state index is 5.52. The molecule has 0 saturated carbocycles. The molecule has 1 fully saturated rings. The summed E-state index contributed by atoms with van der Waals surface area (Å²) < 4.78 is 11.0. The van der Waals surface area contributed by atoms with Gasteiger partial charge in [-0.1, -0.05) is 6.92 Å². The summed E-state index contributed by atoms with van der Waals surface area (Å²) >= 11 is 0. The number of nitrogens with zero attached hydrogens (tertiary/aromatic N) is 2. The minimum atomic E-state index is 0.125. The van der Waals surface area contributed by atoms with E-state index >= 15 is 0 Å². The molecular formula is C15H25N3O2. The number of ether oxygens (including phenoxy) is 2. The van der Waals surface area contributed by atoms with E-state index < -0.39 is 0 Å². The average molecular weight is 279 g/mol. The van der Waals surface area contributed by atoms with E-state index in [1.807, 2.05) is 13.1 Å². The van der Waals surface area contributed by atoms with Gasteiger partial charge in [0.05, 0.1) is 0 Å². The van der Waals surface area contributed by atoms with Gasteiger partial charge >= 0.3 is 0 Å². The summed E-state index contributed by atoms with van der Waals surface area (Å²) in [6, 6.07) is 2.15. The zero-order chi connectivity index (χ0) is 14.5. The lowest BCUT2D eigenvalue weighted by Gasteiger charge is -2.22. The predicted octanol–water partition coefficient (Wildman–Crippen LogP) is 1.35. The van der Waals surface area contributed by atoms with Crippen LogP contribution in [0.5, 0.6) is 0 Å². The highest BCUT2D eigenvalue weighted by Crippen LogP contribution is 2.27. The normalized spacial score (nSPS) is 22.5. The van der Waals surface area contributed by atoms with Gasteiger partial charge in [0.15, 0.2) is 0 Å². The maximum Gasteiger partial charge on any atom is 0.102 e. The topological polar surface area (TPSA) is 46.6 Å². The van der Waals surface area contributed by atoms with Crippen LogP contribution in [0.4, 0.5) is 5.69 Å². The van der Waals surface area contributed by atoms with E-state index in [1.54, 1.807) is 14.2 Å². The van der Waals surface area contributed by atoms with Crippen molar-refractivity contribution in [2.45, 2.75) is 32.6 Å². The maximum absolute atomic E-state index is 5.52. The molecule has 1 aliphatic rings. The van der Waals surface area contributed by atoms with Gasteiger partial charge in [-0.05, 0) is 19.5 Å². The molecule has 0 aliphatic carbocycles. The van der Waals surface area contributed by atoms with E-state index in [1.165, 1.54) is 11.3 Å². The van der Waals surface area contributed by atoms with Crippen molar-refractivity contribution in [2.75, 3.05) is 38.8 Å². The molecule has 1 saturated heterocycles. The first-order valence-corrected chi connectivity index (χ1v) is 7.16. The first kappa shape index (κ1) is 15.2. The molecular weight excluding hydrogens is 254 g/mol. The predicted molar refractivity (Wildman–Crippen MR) is 80.2 cm³/mol. The molecule has 1 aliphatic heterocycles. The fourth-order valence-electron chi connectivity index (χ4n) is 2.66. The fourth-order valence-corrected chi connectivity index (χ4v) is 2.66. The van der Waals surface area contributed by atoms with Crippen molar-refractivity contribution < 1.29 is 9.47 Å². The summed E-state index contributed by atoms with van der Waals surface area (Å²) in [5.41, 5.74) is 3.50. The summed E-state index contributed by atoms with van der Waals surface area (Å²) in [5.74, 6) is 0. The Hall–Kier alpha value is -1.17. The van der Waals surface area contributed by atoms with E-state index in [0.717, 1.165) is 31.9 Å². The molecule has 2 heterocycles. The first-order valence-electron chi connectivity index (χ1n) is 7.16. The van der Waals surface area contributed by atoms with Crippen molar-refractivity contribution in [1.29, 1.82) is 0 Å². The zero-order valence-corrected chi connectivity index (χ0v) is 12.8. The second-order valence-corrected chi connectivity index (χ2v) is 5.19. The molecule has 112 valence electrons. The van der Waals surface area contributed by atoms with Crippen LogP contribution in [0.2, 0.25) is 0 Å². The number of methoxy groups -OCH3 is 2. The van der Waals surface area contributed by atoms with Gasteiger partial charge in [-0.2, -0.15) is 0 Å². The molecule has 0 spiro atoms. The van der Waals surface area contributed by atoms with Crippen LogP contribution in [0.25, 0.3) is 0 Å². The van der Waals surface area contributed by atoms with Gasteiger partial charge in [0.1, 0.15) is 12.2 Å². The quantitative estimate of drug-likeness (QED) is 0.852. The van der Waals surface area contributed by atoms with Gasteiger partial charge in [0, 0.05) is 57.0 Å². The van der Waals surface area contributed by atoms with Crippen molar-refractivity contribution in [1.82, 2.24) is 10.3 Å². The number of nitrogens with one attached hydrogen (secondary N) is 1. The number of rotatable bonds is 6. The van der Waals surface area contributed by atoms with Gasteiger partial charge in [0.25, 0.3) is 0 Å². The highest BCUT2D eigenvalue weighted by molar-refractivity contribution is 5.55. The minimum absolute atomic E-state index is 0.125. The van der Waals surface area contributed by atoms with Crippen molar-refractivity contribution in [3.63, 3.8) is 0 Å². The molecule has 0 radical (unpaired) electrons. The third-order valence-electron chi connectivity index (χ3n) is 3.83. The van der Waals surface area contributed by atoms with Gasteiger partial charge in [0.2, 0.25) is 0 Å². The fraction of sp³-hybridized carbons (Fsp3) is 0.667. The van der Waals surface area contributed by atoms with Gasteiger partial charge in [-0.3, -0.25) is 4.98 Å². The summed E-state index contributed by atoms with van der Waals surface area (Å²) in [4.78, 5) is 6.75. The van der Waals surface area contributed by atoms with Gasteiger partial charge < -0.3 is 19.7 Å². The second-order valence-electron chi connectivity index (χ2n) is 5.19. The Morgan fingerprint density at radius 1 is 1.30 bits per heavy atom. The third kappa shape index (κ3) is 3.29. The monoisotopic (exact) mass is 279 g/mol. The third-order valence-corrected chi connectivity index (χ3v) is 3.83. The molecule has 2 unspecified atom stereocenters. The molecule has 1 aromatic heterocycles. The second kappa shape index (κ2) is 7.02. The lowest BCUT2D eigenvalue weighted by atomic mass is 10.2. The lowest BCUT2D eigenvalue weighted by molar-refractivity contribution is -0.00461. The van der Waals surface area contributed by atoms with Crippen LogP contribution < -0.4 is 10.2 Å². The van der Waals surface area contributed by atoms with Crippen molar-refractivity contribution in [3.8, 4) is 0 Å². The molecule has 0 bridgehead atoms. The van der Waals surface area contributed by atoms with E-state index in [0.29, 0.717) is 0 Å². The van der Waals surface area contributed by atoms with Crippen molar-refractivity contribution >= 4 is 5.69 Å². The first-order chi connectivity index (χ1) is 9.69. The number of aromatic nitrogens is 1. The number of anilines is 1. The van der Waals surface area contributed by atoms with E-state index in [4.69, 9.17) is 9.47 Å². The Bertz CT molecular complexity index is 427. The molecule has 0 aromatic carbocycles. The molecule has 20 heavy (non-hydrogen) atoms. The number of hydrogen-bond acceptors (Lipinski definition) is 5. The smallest absolute Gasteiger partial charge is 0.102 e. The molecule has 2 rings (SSSR count). The van der Waals surface area contributed by atoms with Crippen LogP contribution in [-0.2, 0) is 16.0 Å². The zero-order valence-electron chi connectivity index (χ0n) is 12.8. The molecule has 2 atom stereocenters. The van der Waals surface area contributed by atoms with Crippen molar-refractivity contribution in [3.05, 3.63) is 23.5 Å². The average Bonchev–Trinajstić information content (AvgIpc) is 2.89. The molecule has 0 amide bonds. The van der Waals surface area contributed by atoms with E-state index in [-0.39, 0.29) is 12.2 Å². The van der Waals surface area contributed by atoms with Crippen LogP contribution in [0.1, 0.15) is 18.2 Å². The van der Waals surface area contributed by atoms with Crippen molar-refractivity contribution in [2.24, 2.45) is 0 Å². The molecule has 5 heteroatoms. The van der Waals surface area contributed by atoms with Crippen LogP contribution in [0.3, 0.4) is 0 Å². The van der Waals surface area contributed by atoms with Gasteiger partial charge in [-0.15, -0.1) is 0 Å². The van der Waals surface area contributed by atoms with Crippen LogP contribution in [-0.4, -0.2) is 51.0 Å². The van der Waals surface area contributed by atoms with Gasteiger partial charge in [-0.25, -0.2) is 0 Å². The number of aryl methyl sites for hydroxylation is 1. The van der Waals surface area contributed by atoms with Crippen LogP contribution >= 0.6 is 0 Å². The Balaban J connectivity index is 2.21. The summed E-state index contributed by atoms with van der Waals surface area (Å²) in [6.45, 7) is 7.64. The molecule has 1 N–H and O–H groups in total. The highest BCUT2D eigenvalue weighted by Gasteiger charge is 2.33. The molecule has 1 aromatic rings. The molecule has 5 nitrogen and oxygen atoms in total. The Morgan fingerprint density at radius 3 is 2.50 bits per heavy atom. The van der Waals surface area contributed by atoms with Crippen LogP contribution in [0.15, 0.2) is 12.3 Å². The van der Waals surface area contributed by atoms with Crippen LogP contribution in [0, 0.1) is 6.92 Å². The Morgan fingerprint density at radius 2 is 1.95 bits per heavy atom. The standard InChI is InChI=1S/C15H25N3O2/c1-5-16-7-12-8-17-11(2)6-13(12)18-9-14(19-3)15(10-18)20-4/h6,8,14-16H,5,7,9-10H2,1-4H3. The highest BCUT2D eigenvalue weighted by atomic mass is 16.5. The minimum Gasteiger partial charge on any atom is -0.377 e.